The summed E-state index contributed by atoms with van der Waals surface area (Å²) >= 11 is 0. The summed E-state index contributed by atoms with van der Waals surface area (Å²) in [5.41, 5.74) is 1.06. The molecule has 1 aliphatic heterocycles. The van der Waals surface area contributed by atoms with Crippen molar-refractivity contribution in [1.82, 2.24) is 10.2 Å². The van der Waals surface area contributed by atoms with Crippen LogP contribution in [0.2, 0.25) is 0 Å². The molecule has 1 heterocycles. The number of aryl methyl sites for hydroxylation is 1. The van der Waals surface area contributed by atoms with Gasteiger partial charge >= 0.3 is 6.18 Å². The molecule has 0 aliphatic carbocycles. The number of halogens is 4. The Morgan fingerprint density at radius 1 is 1.15 bits per heavy atom. The van der Waals surface area contributed by atoms with Crippen LogP contribution in [0.15, 0.2) is 59.9 Å². The van der Waals surface area contributed by atoms with Gasteiger partial charge in [-0.25, -0.2) is 4.39 Å². The van der Waals surface area contributed by atoms with E-state index in [0.29, 0.717) is 35.5 Å². The molecule has 33 heavy (non-hydrogen) atoms. The minimum absolute atomic E-state index is 0.0570. The van der Waals surface area contributed by atoms with E-state index in [-0.39, 0.29) is 17.9 Å². The number of fused-ring (bicyclic) bond motifs is 1. The highest BCUT2D eigenvalue weighted by atomic mass is 19.4. The van der Waals surface area contributed by atoms with Crippen LogP contribution in [0.3, 0.4) is 0 Å². The SMILES string of the molecule is C/C=C\C(=C(\CC)NC=O)N1CN(c2ccc(F)cc2C)c2cc(C(F)(F)F)ccc2C1=O. The number of hydrogen-bond donors (Lipinski definition) is 1. The summed E-state index contributed by atoms with van der Waals surface area (Å²) in [6.07, 6.45) is -0.351. The monoisotopic (exact) mass is 461 g/mol. The predicted molar refractivity (Wildman–Crippen MR) is 117 cm³/mol. The lowest BCUT2D eigenvalue weighted by molar-refractivity contribution is -0.137. The van der Waals surface area contributed by atoms with Crippen molar-refractivity contribution in [2.75, 3.05) is 11.6 Å². The molecule has 2 amide bonds. The topological polar surface area (TPSA) is 52.7 Å². The Bertz CT molecular complexity index is 1140. The van der Waals surface area contributed by atoms with Crippen LogP contribution < -0.4 is 10.2 Å². The van der Waals surface area contributed by atoms with Gasteiger partial charge in [-0.3, -0.25) is 14.5 Å². The van der Waals surface area contributed by atoms with Crippen LogP contribution in [0.4, 0.5) is 28.9 Å². The van der Waals surface area contributed by atoms with E-state index in [1.54, 1.807) is 37.8 Å². The van der Waals surface area contributed by atoms with Gasteiger partial charge in [-0.05, 0) is 68.3 Å². The van der Waals surface area contributed by atoms with Crippen molar-refractivity contribution >= 4 is 23.7 Å². The molecule has 0 fully saturated rings. The summed E-state index contributed by atoms with van der Waals surface area (Å²) in [6, 6.07) is 6.88. The van der Waals surface area contributed by atoms with E-state index in [0.717, 1.165) is 18.2 Å². The number of benzene rings is 2. The van der Waals surface area contributed by atoms with Crippen molar-refractivity contribution in [2.24, 2.45) is 0 Å². The van der Waals surface area contributed by atoms with Gasteiger partial charge in [-0.15, -0.1) is 0 Å². The molecule has 0 atom stereocenters. The van der Waals surface area contributed by atoms with Crippen molar-refractivity contribution in [1.29, 1.82) is 0 Å². The summed E-state index contributed by atoms with van der Waals surface area (Å²) in [5.74, 6) is -0.995. The van der Waals surface area contributed by atoms with Crippen LogP contribution in [0.5, 0.6) is 0 Å². The molecular formula is C24H23F4N3O2. The van der Waals surface area contributed by atoms with Gasteiger partial charge in [0.2, 0.25) is 6.41 Å². The van der Waals surface area contributed by atoms with Crippen molar-refractivity contribution < 1.29 is 27.2 Å². The number of rotatable bonds is 6. The minimum atomic E-state index is -4.60. The van der Waals surface area contributed by atoms with Crippen LogP contribution in [0, 0.1) is 12.7 Å². The molecule has 1 N–H and O–H groups in total. The third-order valence-corrected chi connectivity index (χ3v) is 5.34. The van der Waals surface area contributed by atoms with Gasteiger partial charge in [0.15, 0.2) is 0 Å². The zero-order valence-electron chi connectivity index (χ0n) is 18.3. The predicted octanol–water partition coefficient (Wildman–Crippen LogP) is 5.65. The van der Waals surface area contributed by atoms with Gasteiger partial charge in [0.25, 0.3) is 5.91 Å². The first-order chi connectivity index (χ1) is 15.6. The zero-order chi connectivity index (χ0) is 24.3. The average molecular weight is 461 g/mol. The Balaban J connectivity index is 2.27. The van der Waals surface area contributed by atoms with E-state index < -0.39 is 23.5 Å². The van der Waals surface area contributed by atoms with Crippen LogP contribution in [-0.2, 0) is 11.0 Å². The standard InChI is InChI=1S/C24H23F4N3O2/c1-4-6-21(19(5-2)29-13-32)31-14-30(20-10-8-17(25)11-15(20)3)22-12-16(24(26,27)28)7-9-18(22)23(31)33/h4,6-13H,5,14H2,1-3H3,(H,29,32)/b6-4-,21-19+. The summed E-state index contributed by atoms with van der Waals surface area (Å²) < 4.78 is 54.1. The Hall–Kier alpha value is -3.62. The van der Waals surface area contributed by atoms with Gasteiger partial charge in [-0.1, -0.05) is 13.0 Å². The van der Waals surface area contributed by atoms with Crippen LogP contribution in [-0.4, -0.2) is 23.9 Å². The summed E-state index contributed by atoms with van der Waals surface area (Å²) in [7, 11) is 0. The Morgan fingerprint density at radius 3 is 2.45 bits per heavy atom. The fourth-order valence-corrected chi connectivity index (χ4v) is 3.79. The quantitative estimate of drug-likeness (QED) is 0.344. The number of nitrogens with one attached hydrogen (secondary N) is 1. The van der Waals surface area contributed by atoms with Gasteiger partial charge in [0.05, 0.1) is 22.5 Å². The summed E-state index contributed by atoms with van der Waals surface area (Å²) in [5, 5.41) is 2.60. The van der Waals surface area contributed by atoms with Gasteiger partial charge in [0.1, 0.15) is 12.5 Å². The first kappa shape index (κ1) is 24.0. The van der Waals surface area contributed by atoms with Crippen LogP contribution >= 0.6 is 0 Å². The third-order valence-electron chi connectivity index (χ3n) is 5.34. The molecule has 174 valence electrons. The first-order valence-electron chi connectivity index (χ1n) is 10.2. The Kier molecular flexibility index (Phi) is 6.90. The molecule has 0 radical (unpaired) electrons. The van der Waals surface area contributed by atoms with Gasteiger partial charge in [-0.2, -0.15) is 13.2 Å². The van der Waals surface area contributed by atoms with Crippen molar-refractivity contribution in [3.8, 4) is 0 Å². The highest BCUT2D eigenvalue weighted by Crippen LogP contribution is 2.40. The highest BCUT2D eigenvalue weighted by molar-refractivity contribution is 6.04. The smallest absolute Gasteiger partial charge is 0.330 e. The molecule has 0 spiro atoms. The maximum absolute atomic E-state index is 13.7. The van der Waals surface area contributed by atoms with E-state index in [2.05, 4.69) is 5.32 Å². The number of hydrogen-bond acceptors (Lipinski definition) is 3. The molecule has 1 aliphatic rings. The lowest BCUT2D eigenvalue weighted by Gasteiger charge is -2.40. The molecule has 0 aromatic heterocycles. The lowest BCUT2D eigenvalue weighted by atomic mass is 10.0. The maximum atomic E-state index is 13.7. The first-order valence-corrected chi connectivity index (χ1v) is 10.2. The van der Waals surface area contributed by atoms with E-state index in [1.165, 1.54) is 23.1 Å². The molecule has 2 aromatic rings. The van der Waals surface area contributed by atoms with Gasteiger partial charge in [0, 0.05) is 11.4 Å². The molecule has 0 unspecified atom stereocenters. The number of carbonyl (C=O) groups excluding carboxylic acids is 2. The van der Waals surface area contributed by atoms with E-state index in [1.807, 2.05) is 0 Å². The van der Waals surface area contributed by atoms with E-state index in [4.69, 9.17) is 0 Å². The number of alkyl halides is 3. The van der Waals surface area contributed by atoms with Crippen molar-refractivity contribution in [3.05, 3.63) is 82.5 Å². The molecule has 5 nitrogen and oxygen atoms in total. The normalized spacial score (nSPS) is 14.9. The maximum Gasteiger partial charge on any atom is 0.416 e. The van der Waals surface area contributed by atoms with Crippen molar-refractivity contribution in [2.45, 2.75) is 33.4 Å². The number of nitrogens with zero attached hydrogens (tertiary/aromatic N) is 2. The molecule has 3 rings (SSSR count). The zero-order valence-corrected chi connectivity index (χ0v) is 18.3. The molecular weight excluding hydrogens is 438 g/mol. The third kappa shape index (κ3) is 4.76. The van der Waals surface area contributed by atoms with Crippen LogP contribution in [0.25, 0.3) is 0 Å². The minimum Gasteiger partial charge on any atom is -0.330 e. The highest BCUT2D eigenvalue weighted by Gasteiger charge is 2.37. The molecule has 9 heteroatoms. The summed E-state index contributed by atoms with van der Waals surface area (Å²) in [6.45, 7) is 5.05. The Labute approximate surface area is 189 Å². The van der Waals surface area contributed by atoms with Crippen LogP contribution in [0.1, 0.15) is 41.8 Å². The number of anilines is 2. The fourth-order valence-electron chi connectivity index (χ4n) is 3.79. The lowest BCUT2D eigenvalue weighted by Crippen LogP contribution is -2.45. The fraction of sp³-hybridized carbons (Fsp3) is 0.250. The molecule has 2 aromatic carbocycles. The van der Waals surface area contributed by atoms with Gasteiger partial charge < -0.3 is 10.2 Å². The number of allylic oxidation sites excluding steroid dienone is 3. The van der Waals surface area contributed by atoms with Crippen molar-refractivity contribution in [3.63, 3.8) is 0 Å². The number of carbonyl (C=O) groups is 2. The second kappa shape index (κ2) is 9.48. The average Bonchev–Trinajstić information content (AvgIpc) is 2.76. The van der Waals surface area contributed by atoms with E-state index in [9.17, 15) is 27.2 Å². The summed E-state index contributed by atoms with van der Waals surface area (Å²) in [4.78, 5) is 27.4. The number of amides is 2. The molecule has 0 bridgehead atoms. The Morgan fingerprint density at radius 2 is 1.88 bits per heavy atom. The largest absolute Gasteiger partial charge is 0.416 e. The molecule has 0 saturated carbocycles. The van der Waals surface area contributed by atoms with E-state index >= 15 is 0 Å². The second-order valence-electron chi connectivity index (χ2n) is 7.44. The molecule has 0 saturated heterocycles. The second-order valence-corrected chi connectivity index (χ2v) is 7.44.